The highest BCUT2D eigenvalue weighted by Crippen LogP contribution is 2.13. The van der Waals surface area contributed by atoms with Crippen LogP contribution in [0.2, 0.25) is 0 Å². The maximum absolute atomic E-state index is 8.93. The molecule has 5 heteroatoms. The largest absolute Gasteiger partial charge is 0.366 e. The number of hydrogen-bond donors (Lipinski definition) is 1. The quantitative estimate of drug-likeness (QED) is 0.873. The van der Waals surface area contributed by atoms with E-state index in [1.807, 2.05) is 6.07 Å². The molecular formula is C13H19N5. The second-order valence-corrected chi connectivity index (χ2v) is 4.69. The molecule has 18 heavy (non-hydrogen) atoms. The summed E-state index contributed by atoms with van der Waals surface area (Å²) in [5.74, 6) is 0.587. The number of rotatable bonds is 4. The summed E-state index contributed by atoms with van der Waals surface area (Å²) in [6.45, 7) is 5.36. The van der Waals surface area contributed by atoms with Gasteiger partial charge in [-0.2, -0.15) is 5.26 Å². The van der Waals surface area contributed by atoms with Crippen LogP contribution in [0, 0.1) is 11.3 Å². The Hall–Kier alpha value is -1.67. The molecule has 0 spiro atoms. The lowest BCUT2D eigenvalue weighted by Crippen LogP contribution is -2.41. The van der Waals surface area contributed by atoms with Gasteiger partial charge in [0.2, 0.25) is 0 Å². The summed E-state index contributed by atoms with van der Waals surface area (Å²) in [5, 5.41) is 12.2. The Bertz CT molecular complexity index is 420. The van der Waals surface area contributed by atoms with E-state index in [-0.39, 0.29) is 0 Å². The van der Waals surface area contributed by atoms with Crippen LogP contribution in [0.3, 0.4) is 0 Å². The fourth-order valence-corrected chi connectivity index (χ4v) is 2.28. The number of nitrogens with one attached hydrogen (secondary N) is 1. The van der Waals surface area contributed by atoms with E-state index in [1.54, 1.807) is 6.20 Å². The van der Waals surface area contributed by atoms with Crippen molar-refractivity contribution < 1.29 is 0 Å². The average molecular weight is 245 g/mol. The van der Waals surface area contributed by atoms with Gasteiger partial charge in [-0.1, -0.05) is 6.42 Å². The zero-order valence-electron chi connectivity index (χ0n) is 10.8. The molecule has 2 rings (SSSR count). The van der Waals surface area contributed by atoms with Crippen molar-refractivity contribution in [2.45, 2.75) is 32.2 Å². The first kappa shape index (κ1) is 12.8. The molecule has 0 bridgehead atoms. The standard InChI is InChI=1S/C13H19N5/c1-11(18-7-3-2-4-8-18)10-17-13-12(9-14)15-5-6-16-13/h5-6,11H,2-4,7-8,10H2,1H3,(H,16,17). The monoisotopic (exact) mass is 245 g/mol. The number of aromatic nitrogens is 2. The van der Waals surface area contributed by atoms with Crippen LogP contribution in [0.1, 0.15) is 31.9 Å². The fraction of sp³-hybridized carbons (Fsp3) is 0.615. The topological polar surface area (TPSA) is 64.8 Å². The van der Waals surface area contributed by atoms with Gasteiger partial charge < -0.3 is 5.32 Å². The van der Waals surface area contributed by atoms with Crippen molar-refractivity contribution in [2.24, 2.45) is 0 Å². The van der Waals surface area contributed by atoms with Gasteiger partial charge in [-0.3, -0.25) is 4.90 Å². The zero-order valence-corrected chi connectivity index (χ0v) is 10.8. The Balaban J connectivity index is 1.88. The van der Waals surface area contributed by atoms with Gasteiger partial charge in [-0.15, -0.1) is 0 Å². The molecule has 5 nitrogen and oxygen atoms in total. The molecule has 1 atom stereocenters. The highest BCUT2D eigenvalue weighted by Gasteiger charge is 2.16. The molecule has 1 saturated heterocycles. The number of nitriles is 1. The minimum Gasteiger partial charge on any atom is -0.366 e. The average Bonchev–Trinajstić information content (AvgIpc) is 2.46. The van der Waals surface area contributed by atoms with Crippen LogP contribution in [0.4, 0.5) is 5.82 Å². The number of piperidine rings is 1. The third-order valence-corrected chi connectivity index (χ3v) is 3.38. The van der Waals surface area contributed by atoms with Crippen LogP contribution in [-0.4, -0.2) is 40.5 Å². The molecule has 1 aromatic heterocycles. The summed E-state index contributed by atoms with van der Waals surface area (Å²) >= 11 is 0. The third kappa shape index (κ3) is 3.17. The maximum Gasteiger partial charge on any atom is 0.182 e. The van der Waals surface area contributed by atoms with Gasteiger partial charge in [0.15, 0.2) is 11.5 Å². The second-order valence-electron chi connectivity index (χ2n) is 4.69. The highest BCUT2D eigenvalue weighted by atomic mass is 15.2. The van der Waals surface area contributed by atoms with Crippen molar-refractivity contribution in [3.63, 3.8) is 0 Å². The van der Waals surface area contributed by atoms with Gasteiger partial charge in [0.05, 0.1) is 0 Å². The van der Waals surface area contributed by atoms with Crippen molar-refractivity contribution >= 4 is 5.82 Å². The lowest BCUT2D eigenvalue weighted by molar-refractivity contribution is 0.180. The normalized spacial score (nSPS) is 18.0. The Kier molecular flexibility index (Phi) is 4.48. The van der Waals surface area contributed by atoms with Crippen molar-refractivity contribution in [3.05, 3.63) is 18.1 Å². The molecule has 1 N–H and O–H groups in total. The van der Waals surface area contributed by atoms with Crippen molar-refractivity contribution in [1.29, 1.82) is 5.26 Å². The van der Waals surface area contributed by atoms with E-state index >= 15 is 0 Å². The van der Waals surface area contributed by atoms with Gasteiger partial charge in [0.25, 0.3) is 0 Å². The van der Waals surface area contributed by atoms with Crippen molar-refractivity contribution in [1.82, 2.24) is 14.9 Å². The van der Waals surface area contributed by atoms with Crippen molar-refractivity contribution in [2.75, 3.05) is 25.0 Å². The minimum absolute atomic E-state index is 0.364. The second kappa shape index (κ2) is 6.31. The zero-order chi connectivity index (χ0) is 12.8. The number of likely N-dealkylation sites (tertiary alicyclic amines) is 1. The molecule has 1 unspecified atom stereocenters. The van der Waals surface area contributed by atoms with Crippen LogP contribution >= 0.6 is 0 Å². The number of hydrogen-bond acceptors (Lipinski definition) is 5. The van der Waals surface area contributed by atoms with E-state index in [1.165, 1.54) is 38.5 Å². The molecule has 0 radical (unpaired) electrons. The van der Waals surface area contributed by atoms with Crippen LogP contribution in [0.5, 0.6) is 0 Å². The van der Waals surface area contributed by atoms with Crippen LogP contribution in [-0.2, 0) is 0 Å². The molecule has 0 amide bonds. The Morgan fingerprint density at radius 1 is 1.33 bits per heavy atom. The molecule has 0 aromatic carbocycles. The molecule has 96 valence electrons. The third-order valence-electron chi connectivity index (χ3n) is 3.38. The van der Waals surface area contributed by atoms with Gasteiger partial charge in [0, 0.05) is 25.0 Å². The van der Waals surface area contributed by atoms with E-state index in [2.05, 4.69) is 27.1 Å². The highest BCUT2D eigenvalue weighted by molar-refractivity contribution is 5.46. The van der Waals surface area contributed by atoms with Gasteiger partial charge in [0.1, 0.15) is 6.07 Å². The van der Waals surface area contributed by atoms with Gasteiger partial charge in [-0.05, 0) is 32.9 Å². The SMILES string of the molecule is CC(CNc1nccnc1C#N)N1CCCCC1. The van der Waals surface area contributed by atoms with Gasteiger partial charge >= 0.3 is 0 Å². The molecule has 1 aliphatic heterocycles. The van der Waals surface area contributed by atoms with E-state index in [9.17, 15) is 0 Å². The smallest absolute Gasteiger partial charge is 0.182 e. The van der Waals surface area contributed by atoms with E-state index < -0.39 is 0 Å². The fourth-order valence-electron chi connectivity index (χ4n) is 2.28. The van der Waals surface area contributed by atoms with Crippen LogP contribution < -0.4 is 5.32 Å². The predicted octanol–water partition coefficient (Wildman–Crippen LogP) is 1.63. The first-order valence-electron chi connectivity index (χ1n) is 6.50. The molecule has 1 aromatic rings. The molecule has 0 aliphatic carbocycles. The lowest BCUT2D eigenvalue weighted by Gasteiger charge is -2.32. The first-order chi connectivity index (χ1) is 8.81. The minimum atomic E-state index is 0.364. The summed E-state index contributed by atoms with van der Waals surface area (Å²) in [5.41, 5.74) is 0.364. The number of nitrogens with zero attached hydrogens (tertiary/aromatic N) is 4. The Morgan fingerprint density at radius 3 is 2.78 bits per heavy atom. The summed E-state index contributed by atoms with van der Waals surface area (Å²) < 4.78 is 0. The predicted molar refractivity (Wildman–Crippen MR) is 70.1 cm³/mol. The molecule has 0 saturated carbocycles. The van der Waals surface area contributed by atoms with Crippen LogP contribution in [0.25, 0.3) is 0 Å². The Labute approximate surface area is 108 Å². The summed E-state index contributed by atoms with van der Waals surface area (Å²) in [6.07, 6.45) is 7.07. The van der Waals surface area contributed by atoms with Crippen molar-refractivity contribution in [3.8, 4) is 6.07 Å². The first-order valence-corrected chi connectivity index (χ1v) is 6.50. The number of anilines is 1. The van der Waals surface area contributed by atoms with Crippen LogP contribution in [0.15, 0.2) is 12.4 Å². The molecule has 2 heterocycles. The molecule has 1 aliphatic rings. The van der Waals surface area contributed by atoms with Gasteiger partial charge in [-0.25, -0.2) is 9.97 Å². The lowest BCUT2D eigenvalue weighted by atomic mass is 10.1. The summed E-state index contributed by atoms with van der Waals surface area (Å²) in [6, 6.07) is 2.51. The van der Waals surface area contributed by atoms with E-state index in [4.69, 9.17) is 5.26 Å². The molecule has 1 fully saturated rings. The summed E-state index contributed by atoms with van der Waals surface area (Å²) in [7, 11) is 0. The summed E-state index contributed by atoms with van der Waals surface area (Å²) in [4.78, 5) is 10.6. The Morgan fingerprint density at radius 2 is 2.06 bits per heavy atom. The maximum atomic E-state index is 8.93. The van der Waals surface area contributed by atoms with E-state index in [0.717, 1.165) is 6.54 Å². The molecular weight excluding hydrogens is 226 g/mol. The van der Waals surface area contributed by atoms with E-state index in [0.29, 0.717) is 17.6 Å².